The average molecular weight is 175 g/mol. The zero-order valence-electron chi connectivity index (χ0n) is 6.97. The largest absolute Gasteiger partial charge is 0.463 e. The number of aromatic nitrogens is 2. The van der Waals surface area contributed by atoms with Crippen LogP contribution >= 0.6 is 0 Å². The van der Waals surface area contributed by atoms with Crippen molar-refractivity contribution in [2.75, 3.05) is 0 Å². The second-order valence-corrected chi connectivity index (χ2v) is 2.58. The van der Waals surface area contributed by atoms with Crippen molar-refractivity contribution < 1.29 is 4.42 Å². The molecule has 0 aromatic carbocycles. The van der Waals surface area contributed by atoms with Gasteiger partial charge in [-0.1, -0.05) is 0 Å². The Bertz CT molecular complexity index is 384. The first-order valence-corrected chi connectivity index (χ1v) is 3.94. The van der Waals surface area contributed by atoms with Crippen LogP contribution in [0.1, 0.15) is 5.56 Å². The summed E-state index contributed by atoms with van der Waals surface area (Å²) in [5, 5.41) is 0. The lowest BCUT2D eigenvalue weighted by molar-refractivity contribution is 0.578. The summed E-state index contributed by atoms with van der Waals surface area (Å²) in [6.45, 7) is 0.414. The van der Waals surface area contributed by atoms with Gasteiger partial charge in [0.15, 0.2) is 5.76 Å². The highest BCUT2D eigenvalue weighted by Gasteiger charge is 2.06. The summed E-state index contributed by atoms with van der Waals surface area (Å²) in [5.41, 5.74) is 7.19. The molecular formula is C9H9N3O. The van der Waals surface area contributed by atoms with Crippen LogP contribution in [0.15, 0.2) is 35.3 Å². The van der Waals surface area contributed by atoms with E-state index in [2.05, 4.69) is 9.97 Å². The van der Waals surface area contributed by atoms with Gasteiger partial charge in [0.2, 0.25) is 0 Å². The Labute approximate surface area is 75.4 Å². The van der Waals surface area contributed by atoms with E-state index in [0.29, 0.717) is 6.54 Å². The first-order valence-electron chi connectivity index (χ1n) is 3.94. The fraction of sp³-hybridized carbons (Fsp3) is 0.111. The van der Waals surface area contributed by atoms with Crippen molar-refractivity contribution in [3.63, 3.8) is 0 Å². The number of hydrogen-bond donors (Lipinski definition) is 1. The lowest BCUT2D eigenvalue weighted by atomic mass is 10.2. The molecule has 2 aromatic heterocycles. The van der Waals surface area contributed by atoms with Crippen LogP contribution in [0.25, 0.3) is 11.5 Å². The van der Waals surface area contributed by atoms with Gasteiger partial charge in [-0.15, -0.1) is 0 Å². The quantitative estimate of drug-likeness (QED) is 0.744. The van der Waals surface area contributed by atoms with Gasteiger partial charge in [-0.3, -0.25) is 0 Å². The second-order valence-electron chi connectivity index (χ2n) is 2.58. The van der Waals surface area contributed by atoms with Gasteiger partial charge >= 0.3 is 0 Å². The monoisotopic (exact) mass is 175 g/mol. The van der Waals surface area contributed by atoms with Crippen LogP contribution in [0.5, 0.6) is 0 Å². The van der Waals surface area contributed by atoms with E-state index >= 15 is 0 Å². The molecule has 0 saturated heterocycles. The summed E-state index contributed by atoms with van der Waals surface area (Å²) in [6, 6.07) is 3.67. The highest BCUT2D eigenvalue weighted by Crippen LogP contribution is 2.19. The molecule has 0 spiro atoms. The Kier molecular flexibility index (Phi) is 2.06. The topological polar surface area (TPSA) is 64.9 Å². The summed E-state index contributed by atoms with van der Waals surface area (Å²) >= 11 is 0. The number of nitrogens with two attached hydrogens (primary N) is 1. The van der Waals surface area contributed by atoms with Crippen LogP contribution < -0.4 is 5.73 Å². The van der Waals surface area contributed by atoms with E-state index < -0.39 is 0 Å². The van der Waals surface area contributed by atoms with Gasteiger partial charge in [0.05, 0.1) is 6.26 Å². The molecule has 0 aliphatic rings. The third-order valence-electron chi connectivity index (χ3n) is 1.76. The minimum atomic E-state index is 0.414. The minimum Gasteiger partial charge on any atom is -0.463 e. The van der Waals surface area contributed by atoms with Gasteiger partial charge in [0, 0.05) is 18.3 Å². The zero-order chi connectivity index (χ0) is 9.10. The summed E-state index contributed by atoms with van der Waals surface area (Å²) in [7, 11) is 0. The van der Waals surface area contributed by atoms with Gasteiger partial charge in [-0.25, -0.2) is 9.97 Å². The predicted molar refractivity (Wildman–Crippen MR) is 47.6 cm³/mol. The van der Waals surface area contributed by atoms with Crippen molar-refractivity contribution in [3.05, 3.63) is 36.5 Å². The van der Waals surface area contributed by atoms with Crippen LogP contribution in [0.3, 0.4) is 0 Å². The Morgan fingerprint density at radius 3 is 3.08 bits per heavy atom. The molecule has 66 valence electrons. The van der Waals surface area contributed by atoms with E-state index in [1.54, 1.807) is 12.5 Å². The number of hydrogen-bond acceptors (Lipinski definition) is 4. The normalized spacial score (nSPS) is 10.2. The Hall–Kier alpha value is -1.68. The van der Waals surface area contributed by atoms with Crippen LogP contribution in [0.2, 0.25) is 0 Å². The van der Waals surface area contributed by atoms with Crippen LogP contribution in [0, 0.1) is 0 Å². The molecule has 0 aliphatic carbocycles. The van der Waals surface area contributed by atoms with Crippen molar-refractivity contribution in [3.8, 4) is 11.5 Å². The Balaban J connectivity index is 2.51. The Morgan fingerprint density at radius 1 is 1.46 bits per heavy atom. The molecule has 4 nitrogen and oxygen atoms in total. The highest BCUT2D eigenvalue weighted by molar-refractivity contribution is 5.55. The second kappa shape index (κ2) is 3.37. The number of rotatable bonds is 2. The maximum Gasteiger partial charge on any atom is 0.152 e. The molecule has 0 atom stereocenters. The van der Waals surface area contributed by atoms with E-state index in [4.69, 9.17) is 10.2 Å². The van der Waals surface area contributed by atoms with Gasteiger partial charge < -0.3 is 10.2 Å². The van der Waals surface area contributed by atoms with E-state index in [9.17, 15) is 0 Å². The molecule has 0 unspecified atom stereocenters. The molecule has 0 saturated carbocycles. The fourth-order valence-corrected chi connectivity index (χ4v) is 1.14. The van der Waals surface area contributed by atoms with E-state index in [1.807, 2.05) is 12.1 Å². The molecule has 2 N–H and O–H groups in total. The number of furan rings is 1. The standard InChI is InChI=1S/C9H9N3O/c10-4-7-5-11-6-12-9(7)8-2-1-3-13-8/h1-3,5-6H,4,10H2. The van der Waals surface area contributed by atoms with Crippen molar-refractivity contribution in [2.45, 2.75) is 6.54 Å². The maximum atomic E-state index is 5.54. The number of nitrogens with zero attached hydrogens (tertiary/aromatic N) is 2. The lowest BCUT2D eigenvalue weighted by Crippen LogP contribution is -2.00. The zero-order valence-corrected chi connectivity index (χ0v) is 6.97. The van der Waals surface area contributed by atoms with E-state index in [0.717, 1.165) is 17.0 Å². The van der Waals surface area contributed by atoms with Crippen molar-refractivity contribution in [1.82, 2.24) is 9.97 Å². The van der Waals surface area contributed by atoms with Gasteiger partial charge in [-0.2, -0.15) is 0 Å². The van der Waals surface area contributed by atoms with Gasteiger partial charge in [0.25, 0.3) is 0 Å². The van der Waals surface area contributed by atoms with E-state index in [-0.39, 0.29) is 0 Å². The van der Waals surface area contributed by atoms with Crippen molar-refractivity contribution in [2.24, 2.45) is 5.73 Å². The van der Waals surface area contributed by atoms with Crippen molar-refractivity contribution in [1.29, 1.82) is 0 Å². The molecule has 2 aromatic rings. The Morgan fingerprint density at radius 2 is 2.38 bits per heavy atom. The minimum absolute atomic E-state index is 0.414. The fourth-order valence-electron chi connectivity index (χ4n) is 1.14. The maximum absolute atomic E-state index is 5.54. The lowest BCUT2D eigenvalue weighted by Gasteiger charge is -2.01. The molecule has 2 rings (SSSR count). The van der Waals surface area contributed by atoms with Crippen molar-refractivity contribution >= 4 is 0 Å². The molecule has 0 fully saturated rings. The van der Waals surface area contributed by atoms with E-state index in [1.165, 1.54) is 6.33 Å². The molecular weight excluding hydrogens is 166 g/mol. The SMILES string of the molecule is NCc1cncnc1-c1ccco1. The van der Waals surface area contributed by atoms with Crippen LogP contribution in [0.4, 0.5) is 0 Å². The molecule has 0 aliphatic heterocycles. The third kappa shape index (κ3) is 1.43. The average Bonchev–Trinajstić information content (AvgIpc) is 2.70. The van der Waals surface area contributed by atoms with Crippen LogP contribution in [-0.2, 0) is 6.54 Å². The van der Waals surface area contributed by atoms with Crippen LogP contribution in [-0.4, -0.2) is 9.97 Å². The smallest absolute Gasteiger partial charge is 0.152 e. The molecule has 13 heavy (non-hydrogen) atoms. The first kappa shape index (κ1) is 7.94. The van der Waals surface area contributed by atoms with Gasteiger partial charge in [0.1, 0.15) is 12.0 Å². The first-order chi connectivity index (χ1) is 6.42. The summed E-state index contributed by atoms with van der Waals surface area (Å²) in [4.78, 5) is 8.00. The molecule has 0 amide bonds. The summed E-state index contributed by atoms with van der Waals surface area (Å²) < 4.78 is 5.22. The summed E-state index contributed by atoms with van der Waals surface area (Å²) in [6.07, 6.45) is 4.79. The third-order valence-corrected chi connectivity index (χ3v) is 1.76. The molecule has 4 heteroatoms. The van der Waals surface area contributed by atoms with Gasteiger partial charge in [-0.05, 0) is 12.1 Å². The summed E-state index contributed by atoms with van der Waals surface area (Å²) in [5.74, 6) is 0.725. The highest BCUT2D eigenvalue weighted by atomic mass is 16.3. The predicted octanol–water partition coefficient (Wildman–Crippen LogP) is 1.20. The molecule has 0 radical (unpaired) electrons. The molecule has 2 heterocycles. The molecule has 0 bridgehead atoms.